The number of sulfonamides is 1. The van der Waals surface area contributed by atoms with Crippen molar-refractivity contribution in [1.82, 2.24) is 14.9 Å². The second kappa shape index (κ2) is 11.2. The monoisotopic (exact) mass is 432 g/mol. The summed E-state index contributed by atoms with van der Waals surface area (Å²) in [5, 5.41) is 6.07. The van der Waals surface area contributed by atoms with Crippen LogP contribution in [0.2, 0.25) is 0 Å². The quantitative estimate of drug-likeness (QED) is 0.256. The molecule has 0 bridgehead atoms. The SMILES string of the molecule is C=CCNC(=NCCS(=O)(=O)N1CCOCC1)NCC.I. The fourth-order valence-electron chi connectivity index (χ4n) is 1.74. The molecule has 0 unspecified atom stereocenters. The molecule has 0 atom stereocenters. The number of nitrogens with one attached hydrogen (secondary N) is 2. The van der Waals surface area contributed by atoms with E-state index in [0.29, 0.717) is 38.8 Å². The molecule has 0 saturated carbocycles. The minimum atomic E-state index is -3.24. The van der Waals surface area contributed by atoms with Gasteiger partial charge in [0.15, 0.2) is 5.96 Å². The lowest BCUT2D eigenvalue weighted by Gasteiger charge is -2.25. The molecule has 1 saturated heterocycles. The maximum atomic E-state index is 12.1. The molecular weight excluding hydrogens is 407 g/mol. The van der Waals surface area contributed by atoms with Gasteiger partial charge in [-0.25, -0.2) is 8.42 Å². The van der Waals surface area contributed by atoms with Gasteiger partial charge in [0.1, 0.15) is 0 Å². The highest BCUT2D eigenvalue weighted by Crippen LogP contribution is 2.05. The zero-order chi connectivity index (χ0) is 14.8. The lowest BCUT2D eigenvalue weighted by Crippen LogP contribution is -2.42. The topological polar surface area (TPSA) is 83.0 Å². The molecule has 0 aromatic rings. The molecule has 124 valence electrons. The Bertz CT molecular complexity index is 422. The molecule has 0 aliphatic carbocycles. The number of aliphatic imine (C=N–C) groups is 1. The molecule has 2 N–H and O–H groups in total. The van der Waals surface area contributed by atoms with Gasteiger partial charge in [0.25, 0.3) is 0 Å². The summed E-state index contributed by atoms with van der Waals surface area (Å²) in [7, 11) is -3.24. The average molecular weight is 432 g/mol. The predicted molar refractivity (Wildman–Crippen MR) is 95.8 cm³/mol. The highest BCUT2D eigenvalue weighted by Gasteiger charge is 2.23. The van der Waals surface area contributed by atoms with Gasteiger partial charge in [-0.05, 0) is 6.92 Å². The van der Waals surface area contributed by atoms with Crippen LogP contribution in [0, 0.1) is 0 Å². The standard InChI is InChI=1S/C12H24N4O3S.HI/c1-3-5-14-12(13-4-2)15-6-11-20(17,18)16-7-9-19-10-8-16;/h3H,1,4-11H2,2H3,(H2,13,14,15);1H. The van der Waals surface area contributed by atoms with Crippen molar-refractivity contribution in [2.45, 2.75) is 6.92 Å². The molecule has 0 aromatic carbocycles. The summed E-state index contributed by atoms with van der Waals surface area (Å²) in [5.41, 5.74) is 0. The molecule has 9 heteroatoms. The number of rotatable bonds is 7. The van der Waals surface area contributed by atoms with Crippen LogP contribution in [0.1, 0.15) is 6.92 Å². The summed E-state index contributed by atoms with van der Waals surface area (Å²) < 4.78 is 30.8. The van der Waals surface area contributed by atoms with E-state index in [1.807, 2.05) is 6.92 Å². The highest BCUT2D eigenvalue weighted by molar-refractivity contribution is 14.0. The van der Waals surface area contributed by atoms with Crippen LogP contribution in [0.5, 0.6) is 0 Å². The fraction of sp³-hybridized carbons (Fsp3) is 0.750. The van der Waals surface area contributed by atoms with Crippen molar-refractivity contribution in [3.63, 3.8) is 0 Å². The van der Waals surface area contributed by atoms with Crippen molar-refractivity contribution in [3.05, 3.63) is 12.7 Å². The number of ether oxygens (including phenoxy) is 1. The van der Waals surface area contributed by atoms with E-state index in [4.69, 9.17) is 4.74 Å². The second-order valence-corrected chi connectivity index (χ2v) is 6.35. The number of guanidine groups is 1. The Kier molecular flexibility index (Phi) is 11.0. The van der Waals surface area contributed by atoms with Gasteiger partial charge in [0, 0.05) is 26.2 Å². The summed E-state index contributed by atoms with van der Waals surface area (Å²) in [6, 6.07) is 0. The van der Waals surface area contributed by atoms with Crippen LogP contribution in [0.15, 0.2) is 17.6 Å². The van der Waals surface area contributed by atoms with E-state index in [9.17, 15) is 8.42 Å². The maximum Gasteiger partial charge on any atom is 0.216 e. The maximum absolute atomic E-state index is 12.1. The summed E-state index contributed by atoms with van der Waals surface area (Å²) in [4.78, 5) is 4.24. The van der Waals surface area contributed by atoms with Crippen LogP contribution in [0.25, 0.3) is 0 Å². The first-order valence-electron chi connectivity index (χ1n) is 6.78. The van der Waals surface area contributed by atoms with Crippen molar-refractivity contribution in [1.29, 1.82) is 0 Å². The number of morpholine rings is 1. The van der Waals surface area contributed by atoms with Crippen LogP contribution < -0.4 is 10.6 Å². The normalized spacial score (nSPS) is 16.9. The summed E-state index contributed by atoms with van der Waals surface area (Å²) in [5.74, 6) is 0.613. The van der Waals surface area contributed by atoms with Gasteiger partial charge >= 0.3 is 0 Å². The zero-order valence-corrected chi connectivity index (χ0v) is 15.5. The minimum Gasteiger partial charge on any atom is -0.379 e. The van der Waals surface area contributed by atoms with Gasteiger partial charge in [0.05, 0.1) is 25.5 Å². The number of nitrogens with zero attached hydrogens (tertiary/aromatic N) is 2. The molecule has 1 fully saturated rings. The van der Waals surface area contributed by atoms with Crippen LogP contribution in [0.4, 0.5) is 0 Å². The van der Waals surface area contributed by atoms with E-state index < -0.39 is 10.0 Å². The van der Waals surface area contributed by atoms with Crippen LogP contribution >= 0.6 is 24.0 Å². The van der Waals surface area contributed by atoms with E-state index in [2.05, 4.69) is 22.2 Å². The first-order chi connectivity index (χ1) is 9.60. The smallest absolute Gasteiger partial charge is 0.216 e. The first-order valence-corrected chi connectivity index (χ1v) is 8.39. The van der Waals surface area contributed by atoms with Gasteiger partial charge in [-0.1, -0.05) is 6.08 Å². The third-order valence-corrected chi connectivity index (χ3v) is 4.59. The lowest BCUT2D eigenvalue weighted by molar-refractivity contribution is 0.0731. The fourth-order valence-corrected chi connectivity index (χ4v) is 3.02. The predicted octanol–water partition coefficient (Wildman–Crippen LogP) is 0.00750. The Morgan fingerprint density at radius 3 is 2.62 bits per heavy atom. The molecule has 1 aliphatic heterocycles. The molecular formula is C12H25IN4O3S. The summed E-state index contributed by atoms with van der Waals surface area (Å²) in [6.07, 6.45) is 1.72. The molecule has 21 heavy (non-hydrogen) atoms. The number of hydrogen-bond acceptors (Lipinski definition) is 4. The molecule has 0 aromatic heterocycles. The Morgan fingerprint density at radius 1 is 1.38 bits per heavy atom. The minimum absolute atomic E-state index is 0. The van der Waals surface area contributed by atoms with E-state index in [1.165, 1.54) is 4.31 Å². The third-order valence-electron chi connectivity index (χ3n) is 2.74. The second-order valence-electron chi connectivity index (χ2n) is 4.26. The van der Waals surface area contributed by atoms with E-state index in [0.717, 1.165) is 6.54 Å². The first kappa shape index (κ1) is 20.6. The molecule has 0 spiro atoms. The Balaban J connectivity index is 0.00000400. The van der Waals surface area contributed by atoms with Gasteiger partial charge in [0.2, 0.25) is 10.0 Å². The largest absolute Gasteiger partial charge is 0.379 e. The van der Waals surface area contributed by atoms with Gasteiger partial charge in [-0.3, -0.25) is 4.99 Å². The molecule has 1 heterocycles. The van der Waals surface area contributed by atoms with Crippen LogP contribution in [0.3, 0.4) is 0 Å². The lowest BCUT2D eigenvalue weighted by atomic mass is 10.5. The Hall–Kier alpha value is -0.390. The average Bonchev–Trinajstić information content (AvgIpc) is 2.45. The molecule has 1 aliphatic rings. The number of halogens is 1. The van der Waals surface area contributed by atoms with E-state index in [1.54, 1.807) is 6.08 Å². The van der Waals surface area contributed by atoms with Crippen LogP contribution in [-0.4, -0.2) is 70.4 Å². The third kappa shape index (κ3) is 7.98. The van der Waals surface area contributed by atoms with Crippen molar-refractivity contribution in [3.8, 4) is 0 Å². The van der Waals surface area contributed by atoms with E-state index in [-0.39, 0.29) is 36.3 Å². The van der Waals surface area contributed by atoms with Crippen LogP contribution in [-0.2, 0) is 14.8 Å². The highest BCUT2D eigenvalue weighted by atomic mass is 127. The van der Waals surface area contributed by atoms with Crippen molar-refractivity contribution in [2.75, 3.05) is 51.7 Å². The van der Waals surface area contributed by atoms with Gasteiger partial charge in [-0.2, -0.15) is 4.31 Å². The Morgan fingerprint density at radius 2 is 2.05 bits per heavy atom. The zero-order valence-electron chi connectivity index (χ0n) is 12.4. The summed E-state index contributed by atoms with van der Waals surface area (Å²) in [6.45, 7) is 8.89. The van der Waals surface area contributed by atoms with Crippen molar-refractivity contribution < 1.29 is 13.2 Å². The summed E-state index contributed by atoms with van der Waals surface area (Å²) >= 11 is 0. The molecule has 0 radical (unpaired) electrons. The van der Waals surface area contributed by atoms with Crippen molar-refractivity contribution >= 4 is 40.0 Å². The molecule has 0 amide bonds. The van der Waals surface area contributed by atoms with E-state index >= 15 is 0 Å². The van der Waals surface area contributed by atoms with Gasteiger partial charge in [-0.15, -0.1) is 30.6 Å². The molecule has 7 nitrogen and oxygen atoms in total. The number of hydrogen-bond donors (Lipinski definition) is 2. The van der Waals surface area contributed by atoms with Gasteiger partial charge < -0.3 is 15.4 Å². The van der Waals surface area contributed by atoms with Crippen molar-refractivity contribution in [2.24, 2.45) is 4.99 Å². The Labute approximate surface area is 144 Å². The molecule has 1 rings (SSSR count).